The highest BCUT2D eigenvalue weighted by atomic mass is 16.1. The van der Waals surface area contributed by atoms with Gasteiger partial charge in [0.1, 0.15) is 22.9 Å². The van der Waals surface area contributed by atoms with Gasteiger partial charge >= 0.3 is 0 Å². The van der Waals surface area contributed by atoms with Crippen LogP contribution in [0.15, 0.2) is 30.3 Å². The van der Waals surface area contributed by atoms with Gasteiger partial charge in [-0.05, 0) is 69.5 Å². The fourth-order valence-corrected chi connectivity index (χ4v) is 5.77. The predicted molar refractivity (Wildman–Crippen MR) is 126 cm³/mol. The molecule has 2 aliphatic rings. The van der Waals surface area contributed by atoms with Crippen LogP contribution in [0.4, 0.5) is 5.82 Å². The highest BCUT2D eigenvalue weighted by Crippen LogP contribution is 2.41. The quantitative estimate of drug-likeness (QED) is 0.452. The molecule has 2 saturated carbocycles. The molecular weight excluding hydrogens is 400 g/mol. The van der Waals surface area contributed by atoms with Gasteiger partial charge in [0, 0.05) is 46.6 Å². The fourth-order valence-electron chi connectivity index (χ4n) is 5.77. The maximum atomic E-state index is 12.2. The van der Waals surface area contributed by atoms with Crippen molar-refractivity contribution >= 4 is 33.7 Å². The van der Waals surface area contributed by atoms with Crippen LogP contribution < -0.4 is 5.73 Å². The third-order valence-electron chi connectivity index (χ3n) is 7.40. The smallest absolute Gasteiger partial charge is 0.160 e. The Morgan fingerprint density at radius 1 is 1.09 bits per heavy atom. The fraction of sp³-hybridized carbons (Fsp3) is 0.400. The van der Waals surface area contributed by atoms with Crippen LogP contribution in [-0.4, -0.2) is 43.7 Å². The van der Waals surface area contributed by atoms with Gasteiger partial charge in [-0.1, -0.05) is 6.07 Å². The van der Waals surface area contributed by atoms with Gasteiger partial charge in [-0.25, -0.2) is 9.97 Å². The molecule has 2 fully saturated rings. The van der Waals surface area contributed by atoms with E-state index in [1.807, 2.05) is 13.0 Å². The molecule has 2 bridgehead atoms. The molecule has 2 unspecified atom stereocenters. The van der Waals surface area contributed by atoms with E-state index in [2.05, 4.69) is 56.1 Å². The molecule has 4 N–H and O–H groups in total. The number of rotatable bonds is 4. The number of nitrogen functional groups attached to an aromatic ring is 1. The van der Waals surface area contributed by atoms with E-state index in [4.69, 9.17) is 5.73 Å². The standard InChI is InChI=1S/C25H28N6O/c1-13-27-23-19(11-22(26)30-25(23)28-13)21-10-17-7-14(3-6-20(17)29-21)12-31(2)18-8-15-4-5-16(9-18)24(15)32/h3,6-7,10-11,15-16,18,29H,4-5,8-9,12H2,1-2H3,(H3,26,27,28,30). The Hall–Kier alpha value is -3.19. The van der Waals surface area contributed by atoms with Crippen molar-refractivity contribution in [3.8, 4) is 11.3 Å². The molecule has 6 rings (SSSR count). The number of imidazole rings is 1. The molecule has 1 aromatic carbocycles. The lowest BCUT2D eigenvalue weighted by Gasteiger charge is -2.34. The first kappa shape index (κ1) is 19.5. The molecule has 2 atom stereocenters. The zero-order chi connectivity index (χ0) is 22.0. The van der Waals surface area contributed by atoms with Crippen molar-refractivity contribution in [1.82, 2.24) is 24.8 Å². The van der Waals surface area contributed by atoms with Gasteiger partial charge in [0.05, 0.1) is 0 Å². The molecule has 0 aliphatic heterocycles. The number of fused-ring (bicyclic) bond motifs is 4. The van der Waals surface area contributed by atoms with Crippen LogP contribution in [-0.2, 0) is 11.3 Å². The average Bonchev–Trinajstić information content (AvgIpc) is 3.38. The number of aromatic nitrogens is 4. The Bertz CT molecular complexity index is 1340. The number of aryl methyl sites for hydroxylation is 1. The van der Waals surface area contributed by atoms with Gasteiger partial charge in [-0.15, -0.1) is 0 Å². The van der Waals surface area contributed by atoms with Gasteiger partial charge in [0.15, 0.2) is 5.65 Å². The topological polar surface area (TPSA) is 104 Å². The summed E-state index contributed by atoms with van der Waals surface area (Å²) in [5, 5.41) is 1.17. The van der Waals surface area contributed by atoms with Crippen LogP contribution in [0.25, 0.3) is 33.3 Å². The summed E-state index contributed by atoms with van der Waals surface area (Å²) in [7, 11) is 2.20. The van der Waals surface area contributed by atoms with Crippen LogP contribution in [0.3, 0.4) is 0 Å². The lowest BCUT2D eigenvalue weighted by atomic mass is 9.83. The molecule has 2 aliphatic carbocycles. The van der Waals surface area contributed by atoms with Crippen molar-refractivity contribution in [2.45, 2.75) is 45.2 Å². The van der Waals surface area contributed by atoms with Crippen LogP contribution in [0.5, 0.6) is 0 Å². The zero-order valence-corrected chi connectivity index (χ0v) is 18.5. The lowest BCUT2D eigenvalue weighted by Crippen LogP contribution is -2.39. The first-order valence-electron chi connectivity index (χ1n) is 11.4. The number of hydrogen-bond donors (Lipinski definition) is 3. The molecule has 0 amide bonds. The molecule has 3 aromatic heterocycles. The lowest BCUT2D eigenvalue weighted by molar-refractivity contribution is -0.127. The SMILES string of the molecule is Cc1nc2c(-c3cc4cc(CN(C)C5CC6CCC(C5)C6=O)ccc4[nH]3)cc(N)nc2[nH]1. The highest BCUT2D eigenvalue weighted by Gasteiger charge is 2.42. The highest BCUT2D eigenvalue weighted by molar-refractivity contribution is 5.95. The van der Waals surface area contributed by atoms with Crippen molar-refractivity contribution in [2.75, 3.05) is 12.8 Å². The van der Waals surface area contributed by atoms with Crippen molar-refractivity contribution in [3.05, 3.63) is 41.7 Å². The largest absolute Gasteiger partial charge is 0.384 e. The van der Waals surface area contributed by atoms with Gasteiger partial charge in [0.25, 0.3) is 0 Å². The summed E-state index contributed by atoms with van der Waals surface area (Å²) in [5.41, 5.74) is 11.9. The summed E-state index contributed by atoms with van der Waals surface area (Å²) in [6, 6.07) is 11.1. The molecule has 0 saturated heterocycles. The minimum absolute atomic E-state index is 0.297. The van der Waals surface area contributed by atoms with Crippen molar-refractivity contribution in [3.63, 3.8) is 0 Å². The number of nitrogens with zero attached hydrogens (tertiary/aromatic N) is 3. The van der Waals surface area contributed by atoms with Gasteiger partial charge < -0.3 is 15.7 Å². The number of carbonyl (C=O) groups is 1. The van der Waals surface area contributed by atoms with E-state index in [9.17, 15) is 4.79 Å². The summed E-state index contributed by atoms with van der Waals surface area (Å²) in [6.07, 6.45) is 4.22. The second-order valence-corrected chi connectivity index (χ2v) is 9.63. The Labute approximate surface area is 186 Å². The first-order valence-corrected chi connectivity index (χ1v) is 11.4. The summed E-state index contributed by atoms with van der Waals surface area (Å²) in [4.78, 5) is 30.4. The van der Waals surface area contributed by atoms with Crippen LogP contribution in [0.2, 0.25) is 0 Å². The number of Topliss-reactive ketones (excluding diaryl/α,β-unsaturated/α-hetero) is 1. The Morgan fingerprint density at radius 3 is 2.66 bits per heavy atom. The Kier molecular flexibility index (Phi) is 4.37. The van der Waals surface area contributed by atoms with E-state index in [1.165, 1.54) is 10.9 Å². The molecule has 7 nitrogen and oxygen atoms in total. The number of ketones is 1. The molecule has 0 spiro atoms. The maximum absolute atomic E-state index is 12.2. The number of H-pyrrole nitrogens is 2. The van der Waals surface area contributed by atoms with Crippen LogP contribution in [0, 0.1) is 18.8 Å². The van der Waals surface area contributed by atoms with Crippen molar-refractivity contribution < 1.29 is 4.79 Å². The maximum Gasteiger partial charge on any atom is 0.160 e. The molecule has 7 heteroatoms. The van der Waals surface area contributed by atoms with E-state index in [1.54, 1.807) is 0 Å². The van der Waals surface area contributed by atoms with Crippen molar-refractivity contribution in [2.24, 2.45) is 11.8 Å². The number of pyridine rings is 1. The van der Waals surface area contributed by atoms with E-state index in [0.717, 1.165) is 60.3 Å². The molecule has 3 heterocycles. The number of nitrogens with one attached hydrogen (secondary N) is 2. The third-order valence-corrected chi connectivity index (χ3v) is 7.40. The molecule has 32 heavy (non-hydrogen) atoms. The van der Waals surface area contributed by atoms with Gasteiger partial charge in [-0.2, -0.15) is 0 Å². The van der Waals surface area contributed by atoms with Gasteiger partial charge in [0.2, 0.25) is 0 Å². The van der Waals surface area contributed by atoms with Crippen molar-refractivity contribution in [1.29, 1.82) is 0 Å². The van der Waals surface area contributed by atoms with E-state index >= 15 is 0 Å². The number of aromatic amines is 2. The Balaban J connectivity index is 1.28. The summed E-state index contributed by atoms with van der Waals surface area (Å²) in [5.74, 6) is 2.40. The minimum Gasteiger partial charge on any atom is -0.384 e. The van der Waals surface area contributed by atoms with Crippen LogP contribution in [0.1, 0.15) is 37.1 Å². The average molecular weight is 429 g/mol. The Morgan fingerprint density at radius 2 is 1.88 bits per heavy atom. The van der Waals surface area contributed by atoms with E-state index in [-0.39, 0.29) is 0 Å². The molecule has 4 aromatic rings. The molecular formula is C25H28N6O. The monoisotopic (exact) mass is 428 g/mol. The van der Waals surface area contributed by atoms with Crippen LogP contribution >= 0.6 is 0 Å². The predicted octanol–water partition coefficient (Wildman–Crippen LogP) is 4.19. The zero-order valence-electron chi connectivity index (χ0n) is 18.5. The summed E-state index contributed by atoms with van der Waals surface area (Å²) < 4.78 is 0. The van der Waals surface area contributed by atoms with Gasteiger partial charge in [-0.3, -0.25) is 9.69 Å². The summed E-state index contributed by atoms with van der Waals surface area (Å²) >= 11 is 0. The minimum atomic E-state index is 0.297. The number of benzene rings is 1. The number of carbonyl (C=O) groups excluding carboxylic acids is 1. The number of anilines is 1. The van der Waals surface area contributed by atoms with E-state index in [0.29, 0.717) is 35.1 Å². The second kappa shape index (κ2) is 7.17. The molecule has 0 radical (unpaired) electrons. The molecule has 164 valence electrons. The normalized spacial score (nSPS) is 23.1. The first-order chi connectivity index (χ1) is 15.4. The number of nitrogens with two attached hydrogens (primary N) is 1. The van der Waals surface area contributed by atoms with E-state index < -0.39 is 0 Å². The third kappa shape index (κ3) is 3.19. The second-order valence-electron chi connectivity index (χ2n) is 9.63. The number of hydrogen-bond acceptors (Lipinski definition) is 5. The summed E-state index contributed by atoms with van der Waals surface area (Å²) in [6.45, 7) is 2.81.